The fourth-order valence-electron chi connectivity index (χ4n) is 2.06. The molecule has 1 unspecified atom stereocenters. The van der Waals surface area contributed by atoms with E-state index in [1.807, 2.05) is 30.3 Å². The second kappa shape index (κ2) is 9.90. The van der Waals surface area contributed by atoms with E-state index < -0.39 is 18.2 Å². The maximum atomic E-state index is 13.9. The van der Waals surface area contributed by atoms with Gasteiger partial charge in [0.05, 0.1) is 12.6 Å². The zero-order valence-corrected chi connectivity index (χ0v) is 14.2. The maximum Gasteiger partial charge on any atom is 0.342 e. The monoisotopic (exact) mass is 353 g/mol. The summed E-state index contributed by atoms with van der Waals surface area (Å²) in [6, 6.07) is 15.4. The van der Waals surface area contributed by atoms with E-state index >= 15 is 0 Å². The van der Waals surface area contributed by atoms with Crippen LogP contribution in [0.2, 0.25) is 0 Å². The summed E-state index contributed by atoms with van der Waals surface area (Å²) < 4.78 is 24.2. The molecule has 130 valence electrons. The lowest BCUT2D eigenvalue weighted by atomic mass is 10.0. The summed E-state index contributed by atoms with van der Waals surface area (Å²) in [6.45, 7) is 2.19. The number of ether oxygens (including phenoxy) is 2. The maximum absolute atomic E-state index is 13.9. The Hall–Kier alpha value is -2.11. The van der Waals surface area contributed by atoms with E-state index in [4.69, 9.17) is 10.5 Å². The molecule has 0 fully saturated rings. The molecule has 0 spiro atoms. The first-order valence-electron chi connectivity index (χ1n) is 7.44. The van der Waals surface area contributed by atoms with Gasteiger partial charge in [-0.2, -0.15) is 0 Å². The Morgan fingerprint density at radius 1 is 1.12 bits per heavy atom. The largest absolute Gasteiger partial charge is 0.489 e. The van der Waals surface area contributed by atoms with Gasteiger partial charge in [0, 0.05) is 0 Å². The van der Waals surface area contributed by atoms with Crippen LogP contribution in [0.5, 0.6) is 5.75 Å². The molecule has 6 heteroatoms. The van der Waals surface area contributed by atoms with Crippen LogP contribution in [0.3, 0.4) is 0 Å². The van der Waals surface area contributed by atoms with Crippen LogP contribution < -0.4 is 10.5 Å². The number of esters is 1. The van der Waals surface area contributed by atoms with Gasteiger partial charge >= 0.3 is 5.97 Å². The number of benzene rings is 2. The molecule has 0 amide bonds. The standard InChI is InChI=1S/C18H20FNO3.ClH/c1-2-22-18(21)16(19)17(20)14-8-10-15(11-9-14)23-12-13-6-4-3-5-7-13;/h3-11,16-17H,2,12,20H2,1H3;1H/t16?,17-;/m0./s1. The first-order chi connectivity index (χ1) is 11.1. The quantitative estimate of drug-likeness (QED) is 0.773. The van der Waals surface area contributed by atoms with Crippen LogP contribution in [0.4, 0.5) is 4.39 Å². The molecule has 0 heterocycles. The minimum Gasteiger partial charge on any atom is -0.489 e. The van der Waals surface area contributed by atoms with Gasteiger partial charge in [0.1, 0.15) is 12.4 Å². The van der Waals surface area contributed by atoms with Crippen LogP contribution >= 0.6 is 12.4 Å². The smallest absolute Gasteiger partial charge is 0.342 e. The van der Waals surface area contributed by atoms with Crippen molar-refractivity contribution in [1.29, 1.82) is 0 Å². The molecule has 2 aromatic rings. The number of hydrogen-bond donors (Lipinski definition) is 1. The molecule has 0 saturated heterocycles. The molecular formula is C18H21ClFNO3. The van der Waals surface area contributed by atoms with Gasteiger partial charge in [0.15, 0.2) is 0 Å². The Morgan fingerprint density at radius 3 is 2.33 bits per heavy atom. The summed E-state index contributed by atoms with van der Waals surface area (Å²) in [5, 5.41) is 0. The third kappa shape index (κ3) is 5.51. The molecule has 2 atom stereocenters. The molecule has 4 nitrogen and oxygen atoms in total. The van der Waals surface area contributed by atoms with Crippen molar-refractivity contribution >= 4 is 18.4 Å². The van der Waals surface area contributed by atoms with Crippen molar-refractivity contribution in [2.45, 2.75) is 25.7 Å². The van der Waals surface area contributed by atoms with Crippen LogP contribution in [-0.2, 0) is 16.1 Å². The van der Waals surface area contributed by atoms with Gasteiger partial charge in [-0.15, -0.1) is 12.4 Å². The molecule has 0 aromatic heterocycles. The highest BCUT2D eigenvalue weighted by atomic mass is 35.5. The van der Waals surface area contributed by atoms with Crippen molar-refractivity contribution in [3.63, 3.8) is 0 Å². The molecule has 0 aliphatic carbocycles. The average molecular weight is 354 g/mol. The predicted molar refractivity (Wildman–Crippen MR) is 92.9 cm³/mol. The Labute approximate surface area is 147 Å². The summed E-state index contributed by atoms with van der Waals surface area (Å²) in [5.74, 6) is -0.291. The summed E-state index contributed by atoms with van der Waals surface area (Å²) in [7, 11) is 0. The second-order valence-corrected chi connectivity index (χ2v) is 5.02. The zero-order chi connectivity index (χ0) is 16.7. The first kappa shape index (κ1) is 19.9. The number of halogens is 2. The van der Waals surface area contributed by atoms with Crippen LogP contribution in [0.25, 0.3) is 0 Å². The Kier molecular flexibility index (Phi) is 8.22. The summed E-state index contributed by atoms with van der Waals surface area (Å²) in [6.07, 6.45) is -1.88. The topological polar surface area (TPSA) is 61.5 Å². The zero-order valence-electron chi connectivity index (χ0n) is 13.4. The van der Waals surface area contributed by atoms with E-state index in [0.717, 1.165) is 5.56 Å². The summed E-state index contributed by atoms with van der Waals surface area (Å²) >= 11 is 0. The van der Waals surface area contributed by atoms with Crippen molar-refractivity contribution in [3.8, 4) is 5.75 Å². The normalized spacial score (nSPS) is 12.6. The minimum absolute atomic E-state index is 0. The fraction of sp³-hybridized carbons (Fsp3) is 0.278. The van der Waals surface area contributed by atoms with Crippen LogP contribution in [-0.4, -0.2) is 18.7 Å². The Balaban J connectivity index is 0.00000288. The molecule has 2 aromatic carbocycles. The highest BCUT2D eigenvalue weighted by molar-refractivity contribution is 5.85. The summed E-state index contributed by atoms with van der Waals surface area (Å²) in [4.78, 5) is 11.4. The van der Waals surface area contributed by atoms with E-state index in [1.165, 1.54) is 0 Å². The lowest BCUT2D eigenvalue weighted by Crippen LogP contribution is -2.31. The van der Waals surface area contributed by atoms with Crippen LogP contribution in [0, 0.1) is 0 Å². The van der Waals surface area contributed by atoms with E-state index in [9.17, 15) is 9.18 Å². The Morgan fingerprint density at radius 2 is 1.75 bits per heavy atom. The fourth-order valence-corrected chi connectivity index (χ4v) is 2.06. The molecule has 2 rings (SSSR count). The van der Waals surface area contributed by atoms with E-state index in [-0.39, 0.29) is 19.0 Å². The molecule has 0 bridgehead atoms. The highest BCUT2D eigenvalue weighted by Gasteiger charge is 2.27. The average Bonchev–Trinajstić information content (AvgIpc) is 2.60. The van der Waals surface area contributed by atoms with Crippen molar-refractivity contribution in [2.24, 2.45) is 5.73 Å². The number of nitrogens with two attached hydrogens (primary N) is 1. The van der Waals surface area contributed by atoms with Crippen molar-refractivity contribution in [2.75, 3.05) is 6.61 Å². The van der Waals surface area contributed by atoms with Gasteiger partial charge in [-0.1, -0.05) is 42.5 Å². The minimum atomic E-state index is -1.88. The van der Waals surface area contributed by atoms with E-state index in [0.29, 0.717) is 17.9 Å². The molecule has 0 radical (unpaired) electrons. The second-order valence-electron chi connectivity index (χ2n) is 5.02. The van der Waals surface area contributed by atoms with Crippen molar-refractivity contribution in [3.05, 3.63) is 65.7 Å². The lowest BCUT2D eigenvalue weighted by molar-refractivity contribution is -0.149. The molecule has 0 aliphatic rings. The van der Waals surface area contributed by atoms with Gasteiger partial charge in [-0.05, 0) is 30.2 Å². The molecule has 0 aliphatic heterocycles. The van der Waals surface area contributed by atoms with Gasteiger partial charge in [0.25, 0.3) is 0 Å². The highest BCUT2D eigenvalue weighted by Crippen LogP contribution is 2.21. The van der Waals surface area contributed by atoms with Gasteiger partial charge in [0.2, 0.25) is 6.17 Å². The van der Waals surface area contributed by atoms with Gasteiger partial charge in [-0.3, -0.25) is 0 Å². The molecule has 2 N–H and O–H groups in total. The SMILES string of the molecule is CCOC(=O)C(F)[C@@H](N)c1ccc(OCc2ccccc2)cc1.Cl. The van der Waals surface area contributed by atoms with Crippen LogP contribution in [0.1, 0.15) is 24.1 Å². The van der Waals surface area contributed by atoms with Crippen molar-refractivity contribution < 1.29 is 18.7 Å². The van der Waals surface area contributed by atoms with Gasteiger partial charge in [-0.25, -0.2) is 9.18 Å². The Bertz CT molecular complexity index is 622. The first-order valence-corrected chi connectivity index (χ1v) is 7.44. The number of hydrogen-bond acceptors (Lipinski definition) is 4. The lowest BCUT2D eigenvalue weighted by Gasteiger charge is -2.16. The molecule has 0 saturated carbocycles. The number of carbonyl (C=O) groups excluding carboxylic acids is 1. The molecular weight excluding hydrogens is 333 g/mol. The third-order valence-electron chi connectivity index (χ3n) is 3.34. The van der Waals surface area contributed by atoms with E-state index in [1.54, 1.807) is 31.2 Å². The number of carbonyl (C=O) groups is 1. The third-order valence-corrected chi connectivity index (χ3v) is 3.34. The van der Waals surface area contributed by atoms with E-state index in [2.05, 4.69) is 4.74 Å². The van der Waals surface area contributed by atoms with Crippen LogP contribution in [0.15, 0.2) is 54.6 Å². The summed E-state index contributed by atoms with van der Waals surface area (Å²) in [5.41, 5.74) is 7.33. The molecule has 24 heavy (non-hydrogen) atoms. The predicted octanol–water partition coefficient (Wildman–Crippen LogP) is 3.59. The number of rotatable bonds is 7. The van der Waals surface area contributed by atoms with Crippen molar-refractivity contribution in [1.82, 2.24) is 0 Å². The van der Waals surface area contributed by atoms with Gasteiger partial charge < -0.3 is 15.2 Å². The number of alkyl halides is 1.